The molecule has 1 atom stereocenters. The normalized spacial score (nSPS) is 14.7. The first kappa shape index (κ1) is 15.4. The molecule has 1 aliphatic heterocycles. The molecule has 8 heteroatoms. The quantitative estimate of drug-likeness (QED) is 0.619. The third-order valence-corrected chi connectivity index (χ3v) is 3.88. The molecule has 2 N–H and O–H groups in total. The van der Waals surface area contributed by atoms with E-state index < -0.39 is 4.92 Å². The summed E-state index contributed by atoms with van der Waals surface area (Å²) in [7, 11) is 0. The first-order chi connectivity index (χ1) is 10.0. The van der Waals surface area contributed by atoms with Crippen molar-refractivity contribution >= 4 is 34.7 Å². The first-order valence-corrected chi connectivity index (χ1v) is 7.95. The van der Waals surface area contributed by atoms with Crippen LogP contribution in [0.5, 0.6) is 5.75 Å². The molecule has 0 aliphatic carbocycles. The van der Waals surface area contributed by atoms with Gasteiger partial charge in [0.1, 0.15) is 5.69 Å². The zero-order valence-corrected chi connectivity index (χ0v) is 12.7. The van der Waals surface area contributed by atoms with Crippen LogP contribution in [-0.2, 0) is 4.79 Å². The van der Waals surface area contributed by atoms with Crippen LogP contribution in [0.2, 0.25) is 0 Å². The monoisotopic (exact) mass is 311 g/mol. The molecule has 0 aromatic heterocycles. The zero-order valence-electron chi connectivity index (χ0n) is 11.8. The van der Waals surface area contributed by atoms with E-state index in [2.05, 4.69) is 10.6 Å². The summed E-state index contributed by atoms with van der Waals surface area (Å²) in [5.41, 5.74) is 0.799. The lowest BCUT2D eigenvalue weighted by Crippen LogP contribution is -2.26. The molecule has 1 amide bonds. The molecule has 1 aromatic carbocycles. The number of nitro groups is 1. The molecule has 114 valence electrons. The number of anilines is 2. The fourth-order valence-corrected chi connectivity index (χ4v) is 2.79. The summed E-state index contributed by atoms with van der Waals surface area (Å²) in [5.74, 6) is 0.899. The van der Waals surface area contributed by atoms with E-state index in [0.29, 0.717) is 17.1 Å². The number of hydrogen-bond donors (Lipinski definition) is 2. The molecule has 7 nitrogen and oxygen atoms in total. The minimum atomic E-state index is -0.450. The smallest absolute Gasteiger partial charge is 0.296 e. The molecule has 0 saturated heterocycles. The van der Waals surface area contributed by atoms with Gasteiger partial charge in [0.2, 0.25) is 0 Å². The number of nitro benzene ring substituents is 1. The van der Waals surface area contributed by atoms with Crippen molar-refractivity contribution in [2.24, 2.45) is 0 Å². The molecule has 0 spiro atoms. The largest absolute Gasteiger partial charge is 0.481 e. The van der Waals surface area contributed by atoms with Crippen molar-refractivity contribution in [1.82, 2.24) is 0 Å². The zero-order chi connectivity index (χ0) is 15.4. The maximum absolute atomic E-state index is 11.3. The molecule has 21 heavy (non-hydrogen) atoms. The Morgan fingerprint density at radius 2 is 2.33 bits per heavy atom. The van der Waals surface area contributed by atoms with Crippen molar-refractivity contribution in [3.05, 3.63) is 22.2 Å². The molecule has 1 unspecified atom stereocenters. The van der Waals surface area contributed by atoms with Gasteiger partial charge in [-0.15, -0.1) is 0 Å². The van der Waals surface area contributed by atoms with E-state index in [1.807, 2.05) is 13.2 Å². The molecular weight excluding hydrogens is 294 g/mol. The maximum atomic E-state index is 11.3. The lowest BCUT2D eigenvalue weighted by atomic mass is 10.1. The van der Waals surface area contributed by atoms with Crippen molar-refractivity contribution in [1.29, 1.82) is 0 Å². The third-order valence-electron chi connectivity index (χ3n) is 3.15. The minimum Gasteiger partial charge on any atom is -0.481 e. The van der Waals surface area contributed by atoms with Gasteiger partial charge in [-0.2, -0.15) is 11.8 Å². The number of rotatable bonds is 6. The second-order valence-electron chi connectivity index (χ2n) is 4.66. The number of nitrogens with zero attached hydrogens (tertiary/aromatic N) is 1. The van der Waals surface area contributed by atoms with E-state index in [-0.39, 0.29) is 24.2 Å². The number of fused-ring (bicyclic) bond motifs is 1. The summed E-state index contributed by atoms with van der Waals surface area (Å²) >= 11 is 1.67. The van der Waals surface area contributed by atoms with Gasteiger partial charge in [0.25, 0.3) is 11.6 Å². The average molecular weight is 311 g/mol. The van der Waals surface area contributed by atoms with Crippen molar-refractivity contribution in [3.63, 3.8) is 0 Å². The van der Waals surface area contributed by atoms with Crippen LogP contribution in [0.4, 0.5) is 17.1 Å². The number of nitrogens with one attached hydrogen (secondary N) is 2. The number of hydrogen-bond acceptors (Lipinski definition) is 6. The Labute approximate surface area is 126 Å². The summed E-state index contributed by atoms with van der Waals surface area (Å²) in [4.78, 5) is 22.1. The van der Waals surface area contributed by atoms with Crippen LogP contribution in [0, 0.1) is 10.1 Å². The molecule has 1 aromatic rings. The maximum Gasteiger partial charge on any atom is 0.296 e. The van der Waals surface area contributed by atoms with E-state index in [4.69, 9.17) is 4.74 Å². The number of benzene rings is 1. The fourth-order valence-electron chi connectivity index (χ4n) is 2.07. The Balaban J connectivity index is 2.35. The van der Waals surface area contributed by atoms with Gasteiger partial charge in [-0.05, 0) is 18.7 Å². The number of carbonyl (C=O) groups is 1. The van der Waals surface area contributed by atoms with Crippen LogP contribution in [-0.4, -0.2) is 35.5 Å². The second kappa shape index (κ2) is 6.66. The Morgan fingerprint density at radius 3 is 2.95 bits per heavy atom. The number of amides is 1. The van der Waals surface area contributed by atoms with Gasteiger partial charge in [0.15, 0.2) is 12.4 Å². The Morgan fingerprint density at radius 1 is 1.57 bits per heavy atom. The molecule has 0 radical (unpaired) electrons. The van der Waals surface area contributed by atoms with Crippen molar-refractivity contribution < 1.29 is 14.5 Å². The highest BCUT2D eigenvalue weighted by Gasteiger charge is 2.24. The van der Waals surface area contributed by atoms with E-state index in [1.165, 1.54) is 6.07 Å². The number of thioether (sulfide) groups is 1. The van der Waals surface area contributed by atoms with Gasteiger partial charge in [0.05, 0.1) is 16.7 Å². The Hall–Kier alpha value is -1.96. The van der Waals surface area contributed by atoms with Gasteiger partial charge >= 0.3 is 0 Å². The Bertz CT molecular complexity index is 565. The van der Waals surface area contributed by atoms with Gasteiger partial charge in [0, 0.05) is 11.8 Å². The van der Waals surface area contributed by atoms with Gasteiger partial charge < -0.3 is 15.4 Å². The van der Waals surface area contributed by atoms with Gasteiger partial charge in [-0.25, -0.2) is 0 Å². The predicted molar refractivity (Wildman–Crippen MR) is 83.3 cm³/mol. The highest BCUT2D eigenvalue weighted by Crippen LogP contribution is 2.38. The number of ether oxygens (including phenoxy) is 1. The summed E-state index contributed by atoms with van der Waals surface area (Å²) < 4.78 is 5.21. The average Bonchev–Trinajstić information content (AvgIpc) is 2.45. The minimum absolute atomic E-state index is 0.0514. The van der Waals surface area contributed by atoms with E-state index >= 15 is 0 Å². The van der Waals surface area contributed by atoms with Crippen LogP contribution >= 0.6 is 11.8 Å². The summed E-state index contributed by atoms with van der Waals surface area (Å²) in [6.07, 6.45) is 2.83. The van der Waals surface area contributed by atoms with E-state index in [0.717, 1.165) is 12.2 Å². The lowest BCUT2D eigenvalue weighted by Gasteiger charge is -2.21. The summed E-state index contributed by atoms with van der Waals surface area (Å²) in [6.45, 7) is 1.89. The van der Waals surface area contributed by atoms with Crippen LogP contribution in [0.1, 0.15) is 13.3 Å². The summed E-state index contributed by atoms with van der Waals surface area (Å²) in [6, 6.07) is 3.04. The standard InChI is InChI=1S/C13H17N3O4S/c1-3-8(7-21-2)14-9-4-10-12(5-11(9)16(18)19)20-6-13(17)15-10/h4-5,8,14H,3,6-7H2,1-2H3,(H,15,17). The molecule has 0 fully saturated rings. The van der Waals surface area contributed by atoms with Crippen molar-refractivity contribution in [2.45, 2.75) is 19.4 Å². The topological polar surface area (TPSA) is 93.5 Å². The third kappa shape index (κ3) is 3.57. The molecule has 2 rings (SSSR count). The predicted octanol–water partition coefficient (Wildman–Crippen LogP) is 2.48. The van der Waals surface area contributed by atoms with Crippen molar-refractivity contribution in [2.75, 3.05) is 29.2 Å². The fraction of sp³-hybridized carbons (Fsp3) is 0.462. The van der Waals surface area contributed by atoms with E-state index in [9.17, 15) is 14.9 Å². The highest BCUT2D eigenvalue weighted by atomic mass is 32.2. The van der Waals surface area contributed by atoms with Crippen LogP contribution in [0.3, 0.4) is 0 Å². The Kier molecular flexibility index (Phi) is 4.89. The molecule has 1 aliphatic rings. The van der Waals surface area contributed by atoms with Crippen LogP contribution in [0.25, 0.3) is 0 Å². The van der Waals surface area contributed by atoms with Crippen LogP contribution in [0.15, 0.2) is 12.1 Å². The van der Waals surface area contributed by atoms with Gasteiger partial charge in [-0.3, -0.25) is 14.9 Å². The lowest BCUT2D eigenvalue weighted by molar-refractivity contribution is -0.384. The van der Waals surface area contributed by atoms with Crippen LogP contribution < -0.4 is 15.4 Å². The molecular formula is C13H17N3O4S. The molecule has 1 heterocycles. The highest BCUT2D eigenvalue weighted by molar-refractivity contribution is 7.98. The summed E-state index contributed by atoms with van der Waals surface area (Å²) in [5, 5.41) is 17.1. The first-order valence-electron chi connectivity index (χ1n) is 6.55. The van der Waals surface area contributed by atoms with Gasteiger partial charge in [-0.1, -0.05) is 6.92 Å². The molecule has 0 saturated carbocycles. The molecule has 0 bridgehead atoms. The van der Waals surface area contributed by atoms with E-state index in [1.54, 1.807) is 17.8 Å². The SMILES string of the molecule is CCC(CSC)Nc1cc2c(cc1[N+](=O)[O-])OCC(=O)N2. The second-order valence-corrected chi connectivity index (χ2v) is 5.58. The van der Waals surface area contributed by atoms with Crippen molar-refractivity contribution in [3.8, 4) is 5.75 Å². The number of carbonyl (C=O) groups excluding carboxylic acids is 1.